The summed E-state index contributed by atoms with van der Waals surface area (Å²) in [5.41, 5.74) is 6.49. The van der Waals surface area contributed by atoms with Crippen LogP contribution in [0.4, 0.5) is 5.82 Å². The number of nitrogens with two attached hydrogens (primary N) is 1. The van der Waals surface area contributed by atoms with Crippen molar-refractivity contribution in [2.45, 2.75) is 18.8 Å². The number of aromatic nitrogens is 4. The highest BCUT2D eigenvalue weighted by atomic mass is 31.2. The zero-order chi connectivity index (χ0) is 15.1. The molecule has 0 bridgehead atoms. The van der Waals surface area contributed by atoms with Gasteiger partial charge in [0.2, 0.25) is 0 Å². The van der Waals surface area contributed by atoms with E-state index in [9.17, 15) is 4.57 Å². The summed E-state index contributed by atoms with van der Waals surface area (Å²) in [6.45, 7) is 0.404. The van der Waals surface area contributed by atoms with E-state index >= 15 is 0 Å². The van der Waals surface area contributed by atoms with Crippen molar-refractivity contribution in [3.05, 3.63) is 12.7 Å². The average Bonchev–Trinajstić information content (AvgIpc) is 3.03. The van der Waals surface area contributed by atoms with Gasteiger partial charge in [0, 0.05) is 6.42 Å². The summed E-state index contributed by atoms with van der Waals surface area (Å²) in [7, 11) is -4.33. The minimum Gasteiger partial charge on any atom is -0.382 e. The van der Waals surface area contributed by atoms with Crippen molar-refractivity contribution in [1.82, 2.24) is 31.8 Å². The summed E-state index contributed by atoms with van der Waals surface area (Å²) in [5, 5.41) is 0. The first-order chi connectivity index (χ1) is 9.91. The van der Waals surface area contributed by atoms with Gasteiger partial charge in [0.1, 0.15) is 18.2 Å². The summed E-state index contributed by atoms with van der Waals surface area (Å²) < 4.78 is 23.5. The molecule has 2 aromatic heterocycles. The minimum absolute atomic E-state index is 0. The van der Waals surface area contributed by atoms with Gasteiger partial charge < -0.3 is 37.3 Å². The van der Waals surface area contributed by atoms with Gasteiger partial charge in [-0.3, -0.25) is 9.13 Å². The molecular weight excluding hydrogens is 329 g/mol. The summed E-state index contributed by atoms with van der Waals surface area (Å²) in [4.78, 5) is 30.1. The predicted octanol–water partition coefficient (Wildman–Crippen LogP) is 0.305. The monoisotopic (exact) mass is 349 g/mol. The highest BCUT2D eigenvalue weighted by molar-refractivity contribution is 7.51. The maximum atomic E-state index is 11.1. The lowest BCUT2D eigenvalue weighted by atomic mass is 10.3. The average molecular weight is 349 g/mol. The molecule has 12 nitrogen and oxygen atoms in total. The van der Waals surface area contributed by atoms with Crippen LogP contribution in [0.25, 0.3) is 11.2 Å². The van der Waals surface area contributed by atoms with Crippen LogP contribution in [-0.2, 0) is 19.9 Å². The van der Waals surface area contributed by atoms with Crippen molar-refractivity contribution in [1.29, 1.82) is 0 Å². The molecule has 1 aliphatic rings. The molecule has 0 aliphatic carbocycles. The number of anilines is 1. The summed E-state index contributed by atoms with van der Waals surface area (Å²) in [6, 6.07) is 0. The molecule has 3 heterocycles. The van der Waals surface area contributed by atoms with Crippen LogP contribution in [0.2, 0.25) is 0 Å². The van der Waals surface area contributed by atoms with E-state index in [1.807, 2.05) is 0 Å². The first kappa shape index (κ1) is 19.4. The van der Waals surface area contributed by atoms with Crippen LogP contribution >= 0.6 is 7.60 Å². The second kappa shape index (κ2) is 6.84. The van der Waals surface area contributed by atoms with E-state index in [0.717, 1.165) is 0 Å². The first-order valence-electron chi connectivity index (χ1n) is 6.18. The minimum atomic E-state index is -4.33. The quantitative estimate of drug-likeness (QED) is 0.473. The van der Waals surface area contributed by atoms with E-state index < -0.39 is 19.9 Å². The molecule has 3 rings (SSSR count). The fraction of sp³-hybridized carbons (Fsp3) is 0.500. The molecule has 23 heavy (non-hydrogen) atoms. The number of ether oxygens (including phenoxy) is 2. The third-order valence-corrected chi connectivity index (χ3v) is 3.62. The third kappa shape index (κ3) is 3.64. The smallest absolute Gasteiger partial charge is 0.351 e. The van der Waals surface area contributed by atoms with Crippen molar-refractivity contribution < 1.29 is 23.8 Å². The molecule has 13 heteroatoms. The molecule has 1 atom stereocenters. The Morgan fingerprint density at radius 2 is 2.13 bits per heavy atom. The Bertz CT molecular complexity index is 711. The van der Waals surface area contributed by atoms with Crippen LogP contribution in [0.5, 0.6) is 0 Å². The highest BCUT2D eigenvalue weighted by Gasteiger charge is 2.41. The Morgan fingerprint density at radius 1 is 1.39 bits per heavy atom. The number of hydrogen-bond acceptors (Lipinski definition) is 9. The predicted molar refractivity (Wildman–Crippen MR) is 80.9 cm³/mol. The Balaban J connectivity index is 0.00000132. The van der Waals surface area contributed by atoms with Crippen LogP contribution in [-0.4, -0.2) is 42.3 Å². The van der Waals surface area contributed by atoms with Gasteiger partial charge in [-0.25, -0.2) is 15.0 Å². The number of nitrogen functional groups attached to an aromatic ring is 1. The van der Waals surface area contributed by atoms with Gasteiger partial charge >= 0.3 is 7.60 Å². The maximum absolute atomic E-state index is 11.1. The Morgan fingerprint density at radius 3 is 2.74 bits per heavy atom. The van der Waals surface area contributed by atoms with Gasteiger partial charge in [-0.2, -0.15) is 0 Å². The van der Waals surface area contributed by atoms with Gasteiger partial charge in [-0.1, -0.05) is 0 Å². The van der Waals surface area contributed by atoms with Gasteiger partial charge in [0.15, 0.2) is 17.8 Å². The largest absolute Gasteiger partial charge is 0.382 e. The van der Waals surface area contributed by atoms with E-state index in [4.69, 9.17) is 25.0 Å². The number of hydrogen-bond donors (Lipinski definition) is 5. The molecule has 1 saturated heterocycles. The molecule has 130 valence electrons. The lowest BCUT2D eigenvalue weighted by Crippen LogP contribution is -2.36. The standard InChI is InChI=1S/C10H14N5O5P.2H3N/c11-8-7-9(13-4-12-8)15(5-14-7)10(2-1-3-19-10)20-6-21(16,17)18;;/h4-5H,1-3,6H2,(H2,11,12,13)(H2,16,17,18);2*1H3/t10-;;/m0../s1. The topological polar surface area (TPSA) is 216 Å². The number of fused-ring (bicyclic) bond motifs is 1. The second-order valence-corrected chi connectivity index (χ2v) is 6.24. The lowest BCUT2D eigenvalue weighted by Gasteiger charge is -2.29. The van der Waals surface area contributed by atoms with Crippen LogP contribution in [0.15, 0.2) is 12.7 Å². The van der Waals surface area contributed by atoms with E-state index in [0.29, 0.717) is 30.6 Å². The highest BCUT2D eigenvalue weighted by Crippen LogP contribution is 2.41. The first-order valence-corrected chi connectivity index (χ1v) is 7.98. The summed E-state index contributed by atoms with van der Waals surface area (Å²) >= 11 is 0. The number of imidazole rings is 1. The SMILES string of the molecule is N.N.Nc1ncnc2c1ncn2[C@@]1(OCP(=O)(O)O)CCCO1. The zero-order valence-corrected chi connectivity index (χ0v) is 13.2. The van der Waals surface area contributed by atoms with Gasteiger partial charge in [0.25, 0.3) is 5.91 Å². The van der Waals surface area contributed by atoms with Crippen LogP contribution in [0.1, 0.15) is 12.8 Å². The normalized spacial score (nSPS) is 21.0. The van der Waals surface area contributed by atoms with Crippen molar-refractivity contribution >= 4 is 24.6 Å². The molecule has 10 N–H and O–H groups in total. The molecule has 2 aromatic rings. The van der Waals surface area contributed by atoms with Gasteiger partial charge in [-0.15, -0.1) is 0 Å². The van der Waals surface area contributed by atoms with E-state index in [1.54, 1.807) is 0 Å². The van der Waals surface area contributed by atoms with Gasteiger partial charge in [-0.05, 0) is 6.42 Å². The van der Waals surface area contributed by atoms with Crippen LogP contribution in [0, 0.1) is 0 Å². The number of nitrogens with zero attached hydrogens (tertiary/aromatic N) is 4. The molecule has 0 spiro atoms. The molecule has 1 fully saturated rings. The van der Waals surface area contributed by atoms with E-state index in [1.165, 1.54) is 17.2 Å². The Hall–Kier alpha value is -1.66. The van der Waals surface area contributed by atoms with Crippen molar-refractivity contribution in [3.8, 4) is 0 Å². The molecule has 0 amide bonds. The Kier molecular flexibility index (Phi) is 5.77. The van der Waals surface area contributed by atoms with E-state index in [-0.39, 0.29) is 18.1 Å². The van der Waals surface area contributed by atoms with Crippen LogP contribution in [0.3, 0.4) is 0 Å². The van der Waals surface area contributed by atoms with Crippen molar-refractivity contribution in [3.63, 3.8) is 0 Å². The van der Waals surface area contributed by atoms with Crippen molar-refractivity contribution in [2.24, 2.45) is 0 Å². The summed E-state index contributed by atoms with van der Waals surface area (Å²) in [6.07, 6.45) is 3.04. The lowest BCUT2D eigenvalue weighted by molar-refractivity contribution is -0.259. The zero-order valence-electron chi connectivity index (χ0n) is 12.3. The molecule has 0 unspecified atom stereocenters. The second-order valence-electron chi connectivity index (χ2n) is 4.65. The fourth-order valence-electron chi connectivity index (χ4n) is 2.26. The van der Waals surface area contributed by atoms with E-state index in [2.05, 4.69) is 15.0 Å². The summed E-state index contributed by atoms with van der Waals surface area (Å²) in [5.74, 6) is -1.13. The van der Waals surface area contributed by atoms with Gasteiger partial charge in [0.05, 0.1) is 6.61 Å². The molecule has 1 aliphatic heterocycles. The molecule has 0 saturated carbocycles. The fourth-order valence-corrected chi connectivity index (χ4v) is 2.63. The van der Waals surface area contributed by atoms with Crippen LogP contribution < -0.4 is 18.0 Å². The molecule has 0 aromatic carbocycles. The maximum Gasteiger partial charge on any atom is 0.351 e. The van der Waals surface area contributed by atoms with Crippen molar-refractivity contribution in [2.75, 3.05) is 18.7 Å². The Labute approximate surface area is 131 Å². The molecular formula is C10H20N7O5P. The number of rotatable bonds is 4. The third-order valence-electron chi connectivity index (χ3n) is 3.15. The molecule has 0 radical (unpaired) electrons.